The van der Waals surface area contributed by atoms with Crippen LogP contribution in [0.2, 0.25) is 0 Å². The molecule has 102 valence electrons. The molecule has 0 amide bonds. The molecule has 1 aromatic rings. The third kappa shape index (κ3) is 6.12. The highest BCUT2D eigenvalue weighted by molar-refractivity contribution is 7.91. The van der Waals surface area contributed by atoms with Crippen molar-refractivity contribution in [3.63, 3.8) is 0 Å². The molecule has 0 aromatic carbocycles. The zero-order chi connectivity index (χ0) is 13.4. The summed E-state index contributed by atoms with van der Waals surface area (Å²) >= 11 is 0. The number of rotatable bonds is 8. The molecule has 0 fully saturated rings. The van der Waals surface area contributed by atoms with Gasteiger partial charge >= 0.3 is 0 Å². The fourth-order valence-corrected chi connectivity index (χ4v) is 2.65. The molecule has 1 aromatic heterocycles. The van der Waals surface area contributed by atoms with Gasteiger partial charge in [-0.2, -0.15) is 0 Å². The van der Waals surface area contributed by atoms with Crippen LogP contribution in [0.1, 0.15) is 31.7 Å². The number of aromatic nitrogens is 1. The molecule has 1 unspecified atom stereocenters. The molecule has 0 aliphatic heterocycles. The van der Waals surface area contributed by atoms with E-state index in [1.807, 2.05) is 12.1 Å². The molecule has 4 nitrogen and oxygen atoms in total. The lowest BCUT2D eigenvalue weighted by atomic mass is 10.0. The Kier molecular flexibility index (Phi) is 6.29. The Morgan fingerprint density at radius 1 is 1.28 bits per heavy atom. The SMILES string of the molecule is CCS(=O)(=O)CCCC(N)CCc1ccncc1. The van der Waals surface area contributed by atoms with Gasteiger partial charge in [-0.1, -0.05) is 6.92 Å². The molecule has 0 saturated heterocycles. The summed E-state index contributed by atoms with van der Waals surface area (Å²) in [5.41, 5.74) is 7.21. The largest absolute Gasteiger partial charge is 0.328 e. The average molecular weight is 270 g/mol. The van der Waals surface area contributed by atoms with Crippen LogP contribution in [0.4, 0.5) is 0 Å². The van der Waals surface area contributed by atoms with Crippen LogP contribution in [0.5, 0.6) is 0 Å². The fraction of sp³-hybridized carbons (Fsp3) is 0.615. The van der Waals surface area contributed by atoms with Crippen molar-refractivity contribution < 1.29 is 8.42 Å². The van der Waals surface area contributed by atoms with Gasteiger partial charge in [0.1, 0.15) is 9.84 Å². The molecule has 0 saturated carbocycles. The van der Waals surface area contributed by atoms with E-state index >= 15 is 0 Å². The van der Waals surface area contributed by atoms with Crippen LogP contribution in [0, 0.1) is 0 Å². The Hall–Kier alpha value is -0.940. The summed E-state index contributed by atoms with van der Waals surface area (Å²) in [7, 11) is -2.85. The Bertz CT molecular complexity index is 432. The van der Waals surface area contributed by atoms with Crippen LogP contribution in [-0.2, 0) is 16.3 Å². The van der Waals surface area contributed by atoms with Crippen LogP contribution in [0.15, 0.2) is 24.5 Å². The molecule has 1 rings (SSSR count). The first-order valence-electron chi connectivity index (χ1n) is 6.38. The van der Waals surface area contributed by atoms with E-state index in [0.29, 0.717) is 6.42 Å². The molecular formula is C13H22N2O2S. The summed E-state index contributed by atoms with van der Waals surface area (Å²) < 4.78 is 22.6. The lowest BCUT2D eigenvalue weighted by Gasteiger charge is -2.11. The first kappa shape index (κ1) is 15.1. The number of sulfone groups is 1. The average Bonchev–Trinajstić information content (AvgIpc) is 2.37. The van der Waals surface area contributed by atoms with E-state index in [1.165, 1.54) is 5.56 Å². The van der Waals surface area contributed by atoms with Gasteiger partial charge in [-0.05, 0) is 43.4 Å². The number of hydrogen-bond acceptors (Lipinski definition) is 4. The first-order chi connectivity index (χ1) is 8.53. The number of hydrogen-bond donors (Lipinski definition) is 1. The molecule has 1 heterocycles. The second-order valence-corrected chi connectivity index (χ2v) is 7.01. The molecular weight excluding hydrogens is 248 g/mol. The van der Waals surface area contributed by atoms with E-state index < -0.39 is 9.84 Å². The Morgan fingerprint density at radius 3 is 2.56 bits per heavy atom. The molecule has 0 radical (unpaired) electrons. The van der Waals surface area contributed by atoms with Gasteiger partial charge in [-0.3, -0.25) is 4.98 Å². The van der Waals surface area contributed by atoms with Crippen LogP contribution in [-0.4, -0.2) is 30.9 Å². The van der Waals surface area contributed by atoms with Gasteiger partial charge in [0.25, 0.3) is 0 Å². The third-order valence-electron chi connectivity index (χ3n) is 3.02. The van der Waals surface area contributed by atoms with Gasteiger partial charge in [0, 0.05) is 24.2 Å². The second-order valence-electron chi connectivity index (χ2n) is 4.53. The molecule has 5 heteroatoms. The lowest BCUT2D eigenvalue weighted by Crippen LogP contribution is -2.22. The topological polar surface area (TPSA) is 73.0 Å². The minimum atomic E-state index is -2.85. The highest BCUT2D eigenvalue weighted by Gasteiger charge is 2.09. The Morgan fingerprint density at radius 2 is 1.94 bits per heavy atom. The van der Waals surface area contributed by atoms with E-state index in [9.17, 15) is 8.42 Å². The van der Waals surface area contributed by atoms with Crippen molar-refractivity contribution in [3.8, 4) is 0 Å². The fourth-order valence-electron chi connectivity index (χ4n) is 1.76. The van der Waals surface area contributed by atoms with Gasteiger partial charge in [-0.15, -0.1) is 0 Å². The van der Waals surface area contributed by atoms with Gasteiger partial charge < -0.3 is 5.73 Å². The van der Waals surface area contributed by atoms with Crippen LogP contribution in [0.25, 0.3) is 0 Å². The summed E-state index contributed by atoms with van der Waals surface area (Å²) in [6.07, 6.45) is 6.78. The van der Waals surface area contributed by atoms with E-state index in [4.69, 9.17) is 5.73 Å². The standard InChI is InChI=1S/C13H22N2O2S/c1-2-18(16,17)11-3-4-13(14)6-5-12-7-9-15-10-8-12/h7-10,13H,2-6,11,14H2,1H3. The van der Waals surface area contributed by atoms with Crippen molar-refractivity contribution in [1.29, 1.82) is 0 Å². The summed E-state index contributed by atoms with van der Waals surface area (Å²) in [6, 6.07) is 4.04. The summed E-state index contributed by atoms with van der Waals surface area (Å²) in [4.78, 5) is 3.96. The molecule has 1 atom stereocenters. The molecule has 18 heavy (non-hydrogen) atoms. The van der Waals surface area contributed by atoms with Crippen molar-refractivity contribution in [2.24, 2.45) is 5.73 Å². The zero-order valence-electron chi connectivity index (χ0n) is 10.9. The predicted molar refractivity (Wildman–Crippen MR) is 74.1 cm³/mol. The first-order valence-corrected chi connectivity index (χ1v) is 8.20. The maximum Gasteiger partial charge on any atom is 0.150 e. The van der Waals surface area contributed by atoms with Crippen molar-refractivity contribution in [2.75, 3.05) is 11.5 Å². The number of aryl methyl sites for hydroxylation is 1. The van der Waals surface area contributed by atoms with E-state index in [2.05, 4.69) is 4.98 Å². The van der Waals surface area contributed by atoms with Gasteiger partial charge in [0.15, 0.2) is 0 Å². The monoisotopic (exact) mass is 270 g/mol. The maximum atomic E-state index is 11.3. The Labute approximate surface area is 110 Å². The maximum absolute atomic E-state index is 11.3. The quantitative estimate of drug-likeness (QED) is 0.778. The third-order valence-corrected chi connectivity index (χ3v) is 4.81. The highest BCUT2D eigenvalue weighted by atomic mass is 32.2. The van der Waals surface area contributed by atoms with E-state index in [-0.39, 0.29) is 17.5 Å². The number of nitrogens with two attached hydrogens (primary N) is 1. The Balaban J connectivity index is 2.20. The highest BCUT2D eigenvalue weighted by Crippen LogP contribution is 2.07. The van der Waals surface area contributed by atoms with Crippen molar-refractivity contribution >= 4 is 9.84 Å². The van der Waals surface area contributed by atoms with Gasteiger partial charge in [0.05, 0.1) is 5.75 Å². The minimum Gasteiger partial charge on any atom is -0.328 e. The molecule has 0 spiro atoms. The van der Waals surface area contributed by atoms with Crippen LogP contribution < -0.4 is 5.73 Å². The number of pyridine rings is 1. The smallest absolute Gasteiger partial charge is 0.150 e. The van der Waals surface area contributed by atoms with Crippen molar-refractivity contribution in [2.45, 2.75) is 38.6 Å². The molecule has 0 aliphatic rings. The zero-order valence-corrected chi connectivity index (χ0v) is 11.7. The lowest BCUT2D eigenvalue weighted by molar-refractivity contribution is 0.552. The van der Waals surface area contributed by atoms with Crippen LogP contribution >= 0.6 is 0 Å². The summed E-state index contributed by atoms with van der Waals surface area (Å²) in [5.74, 6) is 0.478. The predicted octanol–water partition coefficient (Wildman–Crippen LogP) is 1.56. The molecule has 2 N–H and O–H groups in total. The normalized spacial score (nSPS) is 13.4. The van der Waals surface area contributed by atoms with Crippen molar-refractivity contribution in [1.82, 2.24) is 4.98 Å². The van der Waals surface area contributed by atoms with Gasteiger partial charge in [0.2, 0.25) is 0 Å². The summed E-state index contributed by atoms with van der Waals surface area (Å²) in [6.45, 7) is 1.68. The minimum absolute atomic E-state index is 0.0743. The second kappa shape index (κ2) is 7.48. The van der Waals surface area contributed by atoms with E-state index in [0.717, 1.165) is 19.3 Å². The molecule has 0 aliphatic carbocycles. The van der Waals surface area contributed by atoms with E-state index in [1.54, 1.807) is 19.3 Å². The van der Waals surface area contributed by atoms with Crippen molar-refractivity contribution in [3.05, 3.63) is 30.1 Å². The molecule has 0 bridgehead atoms. The van der Waals surface area contributed by atoms with Crippen LogP contribution in [0.3, 0.4) is 0 Å². The number of nitrogens with zero attached hydrogens (tertiary/aromatic N) is 1. The van der Waals surface area contributed by atoms with Gasteiger partial charge in [-0.25, -0.2) is 8.42 Å². The summed E-state index contributed by atoms with van der Waals surface area (Å²) in [5, 5.41) is 0.